The van der Waals surface area contributed by atoms with Crippen LogP contribution in [-0.2, 0) is 9.53 Å². The molecule has 88 valence electrons. The number of aliphatic hydroxyl groups is 1. The lowest BCUT2D eigenvalue weighted by atomic mass is 10.1. The smallest absolute Gasteiger partial charge is 0.337 e. The lowest BCUT2D eigenvalue weighted by molar-refractivity contribution is -0.146. The minimum atomic E-state index is -1.49. The SMILES string of the molecule is COCCOc1ccc(C(O)C(=O)O)cc1. The van der Waals surface area contributed by atoms with Gasteiger partial charge in [-0.05, 0) is 17.7 Å². The fraction of sp³-hybridized carbons (Fsp3) is 0.364. The zero-order chi connectivity index (χ0) is 12.0. The average Bonchev–Trinajstić information content (AvgIpc) is 2.29. The van der Waals surface area contributed by atoms with E-state index >= 15 is 0 Å². The van der Waals surface area contributed by atoms with Gasteiger partial charge in [0.1, 0.15) is 12.4 Å². The fourth-order valence-electron chi connectivity index (χ4n) is 1.13. The highest BCUT2D eigenvalue weighted by Crippen LogP contribution is 2.17. The van der Waals surface area contributed by atoms with E-state index in [1.54, 1.807) is 19.2 Å². The molecule has 1 aromatic carbocycles. The van der Waals surface area contributed by atoms with E-state index in [1.807, 2.05) is 0 Å². The van der Waals surface area contributed by atoms with Crippen molar-refractivity contribution in [3.63, 3.8) is 0 Å². The molecule has 0 spiro atoms. The number of carbonyl (C=O) groups is 1. The molecule has 0 saturated carbocycles. The maximum atomic E-state index is 10.5. The monoisotopic (exact) mass is 226 g/mol. The van der Waals surface area contributed by atoms with Crippen LogP contribution in [0.15, 0.2) is 24.3 Å². The predicted octanol–water partition coefficient (Wildman–Crippen LogP) is 0.830. The van der Waals surface area contributed by atoms with Gasteiger partial charge in [0.25, 0.3) is 0 Å². The Morgan fingerprint density at radius 3 is 2.44 bits per heavy atom. The molecule has 2 N–H and O–H groups in total. The van der Waals surface area contributed by atoms with Crippen LogP contribution in [0.4, 0.5) is 0 Å². The summed E-state index contributed by atoms with van der Waals surface area (Å²) in [5.41, 5.74) is 0.326. The molecule has 5 heteroatoms. The molecule has 1 unspecified atom stereocenters. The van der Waals surface area contributed by atoms with Crippen molar-refractivity contribution >= 4 is 5.97 Å². The van der Waals surface area contributed by atoms with Gasteiger partial charge in [-0.15, -0.1) is 0 Å². The molecule has 1 atom stereocenters. The summed E-state index contributed by atoms with van der Waals surface area (Å²) in [6.07, 6.45) is -1.49. The second-order valence-corrected chi connectivity index (χ2v) is 3.15. The van der Waals surface area contributed by atoms with E-state index in [0.717, 1.165) is 0 Å². The quantitative estimate of drug-likeness (QED) is 0.702. The molecule has 0 bridgehead atoms. The van der Waals surface area contributed by atoms with Gasteiger partial charge in [0.05, 0.1) is 6.61 Å². The van der Waals surface area contributed by atoms with E-state index in [4.69, 9.17) is 14.6 Å². The van der Waals surface area contributed by atoms with Crippen molar-refractivity contribution in [2.75, 3.05) is 20.3 Å². The van der Waals surface area contributed by atoms with Crippen molar-refractivity contribution in [1.29, 1.82) is 0 Å². The zero-order valence-corrected chi connectivity index (χ0v) is 8.92. The Morgan fingerprint density at radius 1 is 1.31 bits per heavy atom. The topological polar surface area (TPSA) is 76.0 Å². The number of ether oxygens (including phenoxy) is 2. The third-order valence-corrected chi connectivity index (χ3v) is 1.99. The van der Waals surface area contributed by atoms with Crippen molar-refractivity contribution in [3.05, 3.63) is 29.8 Å². The standard InChI is InChI=1S/C11H14O5/c1-15-6-7-16-9-4-2-8(3-5-9)10(12)11(13)14/h2-5,10,12H,6-7H2,1H3,(H,13,14). The summed E-state index contributed by atoms with van der Waals surface area (Å²) in [5, 5.41) is 17.8. The van der Waals surface area contributed by atoms with Crippen LogP contribution in [-0.4, -0.2) is 36.5 Å². The molecule has 0 aliphatic heterocycles. The summed E-state index contributed by atoms with van der Waals surface area (Å²) in [6, 6.07) is 6.25. The predicted molar refractivity (Wildman–Crippen MR) is 56.4 cm³/mol. The molecule has 0 amide bonds. The molecule has 0 aliphatic carbocycles. The van der Waals surface area contributed by atoms with E-state index < -0.39 is 12.1 Å². The van der Waals surface area contributed by atoms with Crippen molar-refractivity contribution in [2.24, 2.45) is 0 Å². The van der Waals surface area contributed by atoms with Crippen LogP contribution in [0, 0.1) is 0 Å². The number of benzene rings is 1. The first kappa shape index (κ1) is 12.5. The molecule has 0 saturated heterocycles. The molecule has 16 heavy (non-hydrogen) atoms. The van der Waals surface area contributed by atoms with Crippen LogP contribution in [0.2, 0.25) is 0 Å². The van der Waals surface area contributed by atoms with Gasteiger partial charge in [0.2, 0.25) is 0 Å². The van der Waals surface area contributed by atoms with Crippen molar-refractivity contribution < 1.29 is 24.5 Å². The van der Waals surface area contributed by atoms with Gasteiger partial charge in [-0.1, -0.05) is 12.1 Å². The molecular formula is C11H14O5. The normalized spacial score (nSPS) is 12.1. The first-order valence-electron chi connectivity index (χ1n) is 4.77. The number of aliphatic carboxylic acids is 1. The van der Waals surface area contributed by atoms with Crippen LogP contribution in [0.5, 0.6) is 5.75 Å². The Bertz CT molecular complexity index is 333. The molecule has 0 fully saturated rings. The van der Waals surface area contributed by atoms with E-state index in [2.05, 4.69) is 0 Å². The fourth-order valence-corrected chi connectivity index (χ4v) is 1.13. The third kappa shape index (κ3) is 3.52. The van der Waals surface area contributed by atoms with Gasteiger partial charge in [-0.3, -0.25) is 0 Å². The first-order chi connectivity index (χ1) is 7.65. The van der Waals surface area contributed by atoms with Gasteiger partial charge in [0, 0.05) is 7.11 Å². The Balaban J connectivity index is 2.57. The number of methoxy groups -OCH3 is 1. The average molecular weight is 226 g/mol. The maximum absolute atomic E-state index is 10.5. The number of hydrogen-bond acceptors (Lipinski definition) is 4. The molecule has 0 aliphatic rings. The summed E-state index contributed by atoms with van der Waals surface area (Å²) in [5.74, 6) is -0.661. The third-order valence-electron chi connectivity index (χ3n) is 1.99. The molecule has 0 radical (unpaired) electrons. The van der Waals surface area contributed by atoms with Gasteiger partial charge >= 0.3 is 5.97 Å². The minimum absolute atomic E-state index is 0.326. The highest BCUT2D eigenvalue weighted by molar-refractivity contribution is 5.74. The van der Waals surface area contributed by atoms with Crippen LogP contribution in [0.25, 0.3) is 0 Å². The van der Waals surface area contributed by atoms with Crippen molar-refractivity contribution in [3.8, 4) is 5.75 Å². The van der Waals surface area contributed by atoms with E-state index in [1.165, 1.54) is 12.1 Å². The van der Waals surface area contributed by atoms with E-state index in [0.29, 0.717) is 24.5 Å². The molecule has 1 rings (SSSR count). The van der Waals surface area contributed by atoms with Crippen LogP contribution >= 0.6 is 0 Å². The number of aliphatic hydroxyl groups excluding tert-OH is 1. The highest BCUT2D eigenvalue weighted by atomic mass is 16.5. The lowest BCUT2D eigenvalue weighted by Crippen LogP contribution is -2.10. The molecule has 1 aromatic rings. The number of hydrogen-bond donors (Lipinski definition) is 2. The summed E-state index contributed by atoms with van der Waals surface area (Å²) in [6.45, 7) is 0.914. The summed E-state index contributed by atoms with van der Waals surface area (Å²) in [7, 11) is 1.58. The lowest BCUT2D eigenvalue weighted by Gasteiger charge is -2.08. The highest BCUT2D eigenvalue weighted by Gasteiger charge is 2.15. The van der Waals surface area contributed by atoms with Crippen LogP contribution in [0.1, 0.15) is 11.7 Å². The Kier molecular flexibility index (Phi) is 4.75. The van der Waals surface area contributed by atoms with E-state index in [9.17, 15) is 9.90 Å². The molecule has 5 nitrogen and oxygen atoms in total. The second-order valence-electron chi connectivity index (χ2n) is 3.15. The van der Waals surface area contributed by atoms with Crippen LogP contribution in [0.3, 0.4) is 0 Å². The Morgan fingerprint density at radius 2 is 1.94 bits per heavy atom. The summed E-state index contributed by atoms with van der Waals surface area (Å²) < 4.78 is 10.1. The second kappa shape index (κ2) is 6.09. The van der Waals surface area contributed by atoms with Crippen LogP contribution < -0.4 is 4.74 Å². The molecular weight excluding hydrogens is 212 g/mol. The Hall–Kier alpha value is -1.59. The number of carboxylic acid groups (broad SMARTS) is 1. The number of carboxylic acids is 1. The molecule has 0 heterocycles. The summed E-state index contributed by atoms with van der Waals surface area (Å²) >= 11 is 0. The van der Waals surface area contributed by atoms with Crippen molar-refractivity contribution in [2.45, 2.75) is 6.10 Å². The largest absolute Gasteiger partial charge is 0.491 e. The minimum Gasteiger partial charge on any atom is -0.491 e. The summed E-state index contributed by atoms with van der Waals surface area (Å²) in [4.78, 5) is 10.5. The molecule has 0 aromatic heterocycles. The van der Waals surface area contributed by atoms with Gasteiger partial charge in [0.15, 0.2) is 6.10 Å². The maximum Gasteiger partial charge on any atom is 0.337 e. The van der Waals surface area contributed by atoms with E-state index in [-0.39, 0.29) is 0 Å². The zero-order valence-electron chi connectivity index (χ0n) is 8.92. The van der Waals surface area contributed by atoms with Crippen molar-refractivity contribution in [1.82, 2.24) is 0 Å². The number of rotatable bonds is 6. The van der Waals surface area contributed by atoms with Gasteiger partial charge in [-0.25, -0.2) is 4.79 Å². The van der Waals surface area contributed by atoms with Gasteiger partial charge < -0.3 is 19.7 Å². The van der Waals surface area contributed by atoms with Gasteiger partial charge in [-0.2, -0.15) is 0 Å². The Labute approximate surface area is 93.2 Å². The first-order valence-corrected chi connectivity index (χ1v) is 4.77.